The number of hydrogen-bond acceptors (Lipinski definition) is 4. The first-order valence-electron chi connectivity index (χ1n) is 8.12. The number of fused-ring (bicyclic) bond motifs is 1. The lowest BCUT2D eigenvalue weighted by molar-refractivity contribution is 0.0733. The number of hydrogen-bond donors (Lipinski definition) is 1. The van der Waals surface area contributed by atoms with E-state index in [0.717, 1.165) is 29.9 Å². The maximum Gasteiger partial charge on any atom is 0.260 e. The highest BCUT2D eigenvalue weighted by Crippen LogP contribution is 2.38. The standard InChI is InChI=1S/C18H18N2O4/c21-17-13(3-1-7-19-17)18(22)20-8-2-4-14(20)12-5-6-15-16(11-12)24-10-9-23-15/h1,3,5-7,11,14H,2,4,8-10H2,(H,19,21)/t14-/m0/s1. The molecule has 4 rings (SSSR count). The highest BCUT2D eigenvalue weighted by Gasteiger charge is 2.32. The monoisotopic (exact) mass is 326 g/mol. The number of nitrogens with one attached hydrogen (secondary N) is 1. The molecule has 1 N–H and O–H groups in total. The summed E-state index contributed by atoms with van der Waals surface area (Å²) in [6.45, 7) is 1.73. The van der Waals surface area contributed by atoms with Crippen LogP contribution in [0.15, 0.2) is 41.3 Å². The number of pyridine rings is 1. The van der Waals surface area contributed by atoms with Gasteiger partial charge in [-0.25, -0.2) is 0 Å². The van der Waals surface area contributed by atoms with Gasteiger partial charge >= 0.3 is 0 Å². The first-order valence-corrected chi connectivity index (χ1v) is 8.12. The van der Waals surface area contributed by atoms with E-state index < -0.39 is 0 Å². The lowest BCUT2D eigenvalue weighted by Crippen LogP contribution is -2.34. The number of likely N-dealkylation sites (tertiary alicyclic amines) is 1. The highest BCUT2D eigenvalue weighted by atomic mass is 16.6. The van der Waals surface area contributed by atoms with E-state index in [0.29, 0.717) is 19.8 Å². The van der Waals surface area contributed by atoms with Gasteiger partial charge in [-0.2, -0.15) is 0 Å². The quantitative estimate of drug-likeness (QED) is 0.917. The minimum absolute atomic E-state index is 0.0482. The zero-order valence-electron chi connectivity index (χ0n) is 13.2. The van der Waals surface area contributed by atoms with Crippen LogP contribution in [0.2, 0.25) is 0 Å². The number of rotatable bonds is 2. The minimum Gasteiger partial charge on any atom is -0.486 e. The van der Waals surface area contributed by atoms with Crippen molar-refractivity contribution >= 4 is 5.91 Å². The summed E-state index contributed by atoms with van der Waals surface area (Å²) in [4.78, 5) is 29.0. The van der Waals surface area contributed by atoms with Crippen LogP contribution >= 0.6 is 0 Å². The molecular weight excluding hydrogens is 308 g/mol. The van der Waals surface area contributed by atoms with Gasteiger partial charge < -0.3 is 19.4 Å². The summed E-state index contributed by atoms with van der Waals surface area (Å²) in [5.74, 6) is 1.23. The molecule has 1 aromatic heterocycles. The molecule has 2 aliphatic heterocycles. The Hall–Kier alpha value is -2.76. The molecule has 1 fully saturated rings. The topological polar surface area (TPSA) is 71.6 Å². The third kappa shape index (κ3) is 2.54. The van der Waals surface area contributed by atoms with Crippen LogP contribution in [0.5, 0.6) is 11.5 Å². The van der Waals surface area contributed by atoms with Crippen molar-refractivity contribution in [2.24, 2.45) is 0 Å². The Morgan fingerprint density at radius 3 is 2.83 bits per heavy atom. The predicted molar refractivity (Wildman–Crippen MR) is 87.5 cm³/mol. The van der Waals surface area contributed by atoms with Crippen LogP contribution in [0.25, 0.3) is 0 Å². The summed E-state index contributed by atoms with van der Waals surface area (Å²) in [6.07, 6.45) is 3.31. The number of aromatic amines is 1. The fourth-order valence-corrected chi connectivity index (χ4v) is 3.37. The minimum atomic E-state index is -0.352. The number of ether oxygens (including phenoxy) is 2. The Kier molecular flexibility index (Phi) is 3.72. The number of H-pyrrole nitrogens is 1. The normalized spacial score (nSPS) is 19.3. The van der Waals surface area contributed by atoms with Gasteiger partial charge in [-0.05, 0) is 42.7 Å². The molecule has 0 radical (unpaired) electrons. The Balaban J connectivity index is 1.64. The van der Waals surface area contributed by atoms with Crippen LogP contribution < -0.4 is 15.0 Å². The molecule has 1 amide bonds. The largest absolute Gasteiger partial charge is 0.486 e. The van der Waals surface area contributed by atoms with Crippen LogP contribution in [0, 0.1) is 0 Å². The zero-order valence-corrected chi connectivity index (χ0v) is 13.2. The molecule has 2 aliphatic rings. The van der Waals surface area contributed by atoms with Gasteiger partial charge in [0.1, 0.15) is 18.8 Å². The average Bonchev–Trinajstić information content (AvgIpc) is 3.11. The van der Waals surface area contributed by atoms with E-state index in [-0.39, 0.29) is 23.1 Å². The lowest BCUT2D eigenvalue weighted by atomic mass is 10.0. The van der Waals surface area contributed by atoms with E-state index in [1.807, 2.05) is 18.2 Å². The molecule has 3 heterocycles. The molecule has 2 aromatic rings. The fourth-order valence-electron chi connectivity index (χ4n) is 3.37. The van der Waals surface area contributed by atoms with Crippen LogP contribution in [-0.4, -0.2) is 35.5 Å². The van der Waals surface area contributed by atoms with Crippen LogP contribution in [-0.2, 0) is 0 Å². The Morgan fingerprint density at radius 1 is 1.17 bits per heavy atom. The Bertz CT molecular complexity index is 830. The second-order valence-electron chi connectivity index (χ2n) is 5.97. The maximum absolute atomic E-state index is 12.8. The molecule has 124 valence electrons. The number of carbonyl (C=O) groups excluding carboxylic acids is 1. The van der Waals surface area contributed by atoms with Crippen LogP contribution in [0.4, 0.5) is 0 Å². The highest BCUT2D eigenvalue weighted by molar-refractivity contribution is 5.94. The zero-order chi connectivity index (χ0) is 16.5. The third-order valence-electron chi connectivity index (χ3n) is 4.51. The van der Waals surface area contributed by atoms with Crippen molar-refractivity contribution in [3.05, 3.63) is 58.0 Å². The van der Waals surface area contributed by atoms with Gasteiger partial charge in [-0.3, -0.25) is 9.59 Å². The van der Waals surface area contributed by atoms with Crippen molar-refractivity contribution < 1.29 is 14.3 Å². The predicted octanol–water partition coefficient (Wildman–Crippen LogP) is 2.12. The van der Waals surface area contributed by atoms with E-state index in [4.69, 9.17) is 9.47 Å². The molecule has 1 aromatic carbocycles. The molecule has 0 unspecified atom stereocenters. The van der Waals surface area contributed by atoms with Crippen molar-refractivity contribution in [3.8, 4) is 11.5 Å². The third-order valence-corrected chi connectivity index (χ3v) is 4.51. The first kappa shape index (κ1) is 14.8. The van der Waals surface area contributed by atoms with Crippen LogP contribution in [0.1, 0.15) is 34.8 Å². The SMILES string of the molecule is O=C(c1ccc[nH]c1=O)N1CCC[C@H]1c1ccc2c(c1)OCCO2. The maximum atomic E-state index is 12.8. The first-order chi connectivity index (χ1) is 11.7. The summed E-state index contributed by atoms with van der Waals surface area (Å²) in [5.41, 5.74) is 0.842. The van der Waals surface area contributed by atoms with Crippen molar-refractivity contribution in [2.45, 2.75) is 18.9 Å². The molecule has 1 atom stereocenters. The summed E-state index contributed by atoms with van der Waals surface area (Å²) in [7, 11) is 0. The summed E-state index contributed by atoms with van der Waals surface area (Å²) in [6, 6.07) is 9.00. The van der Waals surface area contributed by atoms with Crippen molar-refractivity contribution in [2.75, 3.05) is 19.8 Å². The van der Waals surface area contributed by atoms with E-state index in [1.54, 1.807) is 17.0 Å². The van der Waals surface area contributed by atoms with Gasteiger partial charge in [0, 0.05) is 12.7 Å². The molecule has 6 nitrogen and oxygen atoms in total. The molecule has 0 saturated carbocycles. The number of carbonyl (C=O) groups is 1. The van der Waals surface area contributed by atoms with Gasteiger partial charge in [0.05, 0.1) is 6.04 Å². The number of aromatic nitrogens is 1. The van der Waals surface area contributed by atoms with Gasteiger partial charge in [0.15, 0.2) is 11.5 Å². The van der Waals surface area contributed by atoms with Crippen molar-refractivity contribution in [3.63, 3.8) is 0 Å². The smallest absolute Gasteiger partial charge is 0.260 e. The van der Waals surface area contributed by atoms with Crippen molar-refractivity contribution in [1.29, 1.82) is 0 Å². The fraction of sp³-hybridized carbons (Fsp3) is 0.333. The summed E-state index contributed by atoms with van der Waals surface area (Å²) < 4.78 is 11.2. The second kappa shape index (κ2) is 6.03. The van der Waals surface area contributed by atoms with E-state index in [2.05, 4.69) is 4.98 Å². The van der Waals surface area contributed by atoms with E-state index >= 15 is 0 Å². The molecule has 0 spiro atoms. The van der Waals surface area contributed by atoms with Gasteiger partial charge in [-0.15, -0.1) is 0 Å². The van der Waals surface area contributed by atoms with Crippen LogP contribution in [0.3, 0.4) is 0 Å². The molecule has 24 heavy (non-hydrogen) atoms. The van der Waals surface area contributed by atoms with Gasteiger partial charge in [-0.1, -0.05) is 6.07 Å². The number of nitrogens with zero attached hydrogens (tertiary/aromatic N) is 1. The molecule has 1 saturated heterocycles. The molecule has 0 aliphatic carbocycles. The Labute approximate surface area is 139 Å². The number of benzene rings is 1. The van der Waals surface area contributed by atoms with E-state index in [9.17, 15) is 9.59 Å². The molecular formula is C18H18N2O4. The lowest BCUT2D eigenvalue weighted by Gasteiger charge is -2.26. The average molecular weight is 326 g/mol. The van der Waals surface area contributed by atoms with Gasteiger partial charge in [0.25, 0.3) is 11.5 Å². The molecule has 6 heteroatoms. The molecule has 0 bridgehead atoms. The summed E-state index contributed by atoms with van der Waals surface area (Å²) in [5, 5.41) is 0. The van der Waals surface area contributed by atoms with E-state index in [1.165, 1.54) is 6.20 Å². The van der Waals surface area contributed by atoms with Crippen molar-refractivity contribution in [1.82, 2.24) is 9.88 Å². The Morgan fingerprint density at radius 2 is 2.00 bits per heavy atom. The number of amides is 1. The summed E-state index contributed by atoms with van der Waals surface area (Å²) >= 11 is 0. The van der Waals surface area contributed by atoms with Gasteiger partial charge in [0.2, 0.25) is 0 Å². The second-order valence-corrected chi connectivity index (χ2v) is 5.97.